The van der Waals surface area contributed by atoms with Gasteiger partial charge in [-0.3, -0.25) is 34.2 Å². The first-order chi connectivity index (χ1) is 23.1. The molecule has 4 aliphatic rings. The summed E-state index contributed by atoms with van der Waals surface area (Å²) < 4.78 is 6.14. The van der Waals surface area contributed by atoms with E-state index in [1.807, 2.05) is 31.2 Å². The highest BCUT2D eigenvalue weighted by Gasteiger charge is 2.70. The summed E-state index contributed by atoms with van der Waals surface area (Å²) in [6, 6.07) is 18.1. The molecule has 2 bridgehead atoms. The van der Waals surface area contributed by atoms with Gasteiger partial charge in [-0.1, -0.05) is 40.6 Å². The summed E-state index contributed by atoms with van der Waals surface area (Å²) in [6.45, 7) is 1.70. The number of anilines is 2. The molecule has 2 aliphatic heterocycles. The Balaban J connectivity index is 1.13. The van der Waals surface area contributed by atoms with Gasteiger partial charge in [0.2, 0.25) is 11.8 Å². The van der Waals surface area contributed by atoms with E-state index in [9.17, 15) is 29.3 Å². The van der Waals surface area contributed by atoms with Crippen LogP contribution in [0.3, 0.4) is 0 Å². The van der Waals surface area contributed by atoms with E-state index < -0.39 is 16.8 Å². The molecule has 3 amide bonds. The highest BCUT2D eigenvalue weighted by atomic mass is 35.5. The number of fused-ring (bicyclic) bond motifs is 9. The summed E-state index contributed by atoms with van der Waals surface area (Å²) in [7, 11) is 0. The molecule has 8 rings (SSSR count). The minimum Gasteiger partial charge on any atom is -0.483 e. The lowest BCUT2D eigenvalue weighted by Crippen LogP contribution is -2.42. The molecule has 2 saturated carbocycles. The van der Waals surface area contributed by atoms with Crippen molar-refractivity contribution in [2.24, 2.45) is 29.6 Å². The van der Waals surface area contributed by atoms with E-state index in [-0.39, 0.29) is 63.8 Å². The predicted octanol–water partition coefficient (Wildman–Crippen LogP) is 6.00. The van der Waals surface area contributed by atoms with Gasteiger partial charge in [-0.2, -0.15) is 0 Å². The first-order valence-corrected chi connectivity index (χ1v) is 17.5. The second-order valence-electron chi connectivity index (χ2n) is 12.6. The van der Waals surface area contributed by atoms with Crippen LogP contribution in [0.25, 0.3) is 0 Å². The zero-order valence-corrected chi connectivity index (χ0v) is 27.6. The maximum absolute atomic E-state index is 14.1. The molecule has 1 saturated heterocycles. The topological polar surface area (TPSA) is 152 Å². The molecule has 4 aromatic rings. The number of ether oxygens (including phenoxy) is 1. The van der Waals surface area contributed by atoms with Gasteiger partial charge in [0.05, 0.1) is 27.5 Å². The summed E-state index contributed by atoms with van der Waals surface area (Å²) in [5, 5.41) is 15.2. The van der Waals surface area contributed by atoms with Gasteiger partial charge in [-0.05, 0) is 73.6 Å². The van der Waals surface area contributed by atoms with Crippen molar-refractivity contribution in [2.75, 3.05) is 16.8 Å². The molecule has 0 spiro atoms. The van der Waals surface area contributed by atoms with Crippen molar-refractivity contribution >= 4 is 69.5 Å². The maximum Gasteiger partial charge on any atom is 0.305 e. The van der Waals surface area contributed by atoms with Crippen molar-refractivity contribution in [3.8, 4) is 5.75 Å². The number of halogens is 1. The number of hydrogen-bond donors (Lipinski definition) is 2. The summed E-state index contributed by atoms with van der Waals surface area (Å²) >= 11 is 9.23. The van der Waals surface area contributed by atoms with Crippen LogP contribution in [0.2, 0.25) is 5.02 Å². The maximum atomic E-state index is 14.1. The Morgan fingerprint density at radius 2 is 1.75 bits per heavy atom. The average Bonchev–Trinajstić information content (AvgIpc) is 3.80. The number of nitro groups is 1. The van der Waals surface area contributed by atoms with Crippen molar-refractivity contribution in [1.29, 1.82) is 0 Å². The number of hydrogen-bond acceptors (Lipinski definition) is 9. The van der Waals surface area contributed by atoms with E-state index in [1.54, 1.807) is 30.0 Å². The van der Waals surface area contributed by atoms with E-state index in [0.29, 0.717) is 34.1 Å². The van der Waals surface area contributed by atoms with Crippen molar-refractivity contribution in [3.05, 3.63) is 108 Å². The van der Waals surface area contributed by atoms with E-state index in [1.165, 1.54) is 29.2 Å². The Morgan fingerprint density at radius 1 is 1.04 bits per heavy atom. The fourth-order valence-electron chi connectivity index (χ4n) is 8.21. The number of carbonyl (C=O) groups excluding carboxylic acids is 3. The number of benzene rings is 3. The Kier molecular flexibility index (Phi) is 7.46. The molecule has 0 radical (unpaired) electrons. The Morgan fingerprint density at radius 3 is 2.46 bits per heavy atom. The van der Waals surface area contributed by atoms with Crippen molar-refractivity contribution in [3.63, 3.8) is 0 Å². The van der Waals surface area contributed by atoms with Crippen LogP contribution in [0.15, 0.2) is 76.6 Å². The van der Waals surface area contributed by atoms with Gasteiger partial charge in [0.25, 0.3) is 11.6 Å². The number of thiazole rings is 1. The molecule has 3 heterocycles. The lowest BCUT2D eigenvalue weighted by Gasteiger charge is -2.43. The SMILES string of the molecule is Cc1ccc(NC(=O)COc2ccc(Cl)cc2[C@@H]2c3sc(=O)[nH]c3S[C@@H]3[C@@H]4C[C@@H]([C@@H]5C(=O)N(c6ccc([N+](=O)[O-])cc6)C(=O)[C@@H]45)[C@H]23)cc1. The summed E-state index contributed by atoms with van der Waals surface area (Å²) in [6.07, 6.45) is 0.675. The summed E-state index contributed by atoms with van der Waals surface area (Å²) in [5.41, 5.74) is 2.62. The number of aromatic nitrogens is 1. The Bertz CT molecular complexity index is 2060. The fourth-order valence-corrected chi connectivity index (χ4v) is 11.3. The minimum atomic E-state index is -0.567. The zero-order chi connectivity index (χ0) is 33.4. The van der Waals surface area contributed by atoms with E-state index in [4.69, 9.17) is 16.3 Å². The molecule has 48 heavy (non-hydrogen) atoms. The first kappa shape index (κ1) is 30.8. The number of rotatable bonds is 7. The number of aromatic amines is 1. The number of nitro benzene ring substituents is 1. The molecule has 3 aromatic carbocycles. The molecule has 3 fully saturated rings. The minimum absolute atomic E-state index is 0.0794. The number of H-pyrrole nitrogens is 1. The van der Waals surface area contributed by atoms with Crippen LogP contribution in [0.1, 0.15) is 28.3 Å². The van der Waals surface area contributed by atoms with E-state index in [2.05, 4.69) is 10.3 Å². The van der Waals surface area contributed by atoms with E-state index >= 15 is 0 Å². The third-order valence-corrected chi connectivity index (χ3v) is 12.9. The second kappa shape index (κ2) is 11.6. The normalized spacial score (nSPS) is 26.6. The van der Waals surface area contributed by atoms with Gasteiger partial charge in [0, 0.05) is 44.5 Å². The quantitative estimate of drug-likeness (QED) is 0.135. The van der Waals surface area contributed by atoms with Gasteiger partial charge in [-0.15, -0.1) is 11.8 Å². The fraction of sp³-hybridized carbons (Fsp3) is 0.294. The number of nitrogens with one attached hydrogen (secondary N) is 2. The smallest absolute Gasteiger partial charge is 0.305 e. The molecule has 2 aliphatic carbocycles. The van der Waals surface area contributed by atoms with Crippen LogP contribution in [0.5, 0.6) is 5.75 Å². The Hall–Kier alpha value is -4.46. The lowest BCUT2D eigenvalue weighted by atomic mass is 9.68. The molecule has 244 valence electrons. The third kappa shape index (κ3) is 4.94. The lowest BCUT2D eigenvalue weighted by molar-refractivity contribution is -0.384. The highest BCUT2D eigenvalue weighted by Crippen LogP contribution is 2.69. The van der Waals surface area contributed by atoms with Gasteiger partial charge >= 0.3 is 4.87 Å². The van der Waals surface area contributed by atoms with E-state index in [0.717, 1.165) is 26.8 Å². The van der Waals surface area contributed by atoms with Crippen molar-refractivity contribution < 1.29 is 24.0 Å². The third-order valence-electron chi connectivity index (χ3n) is 10.0. The van der Waals surface area contributed by atoms with Crippen molar-refractivity contribution in [2.45, 2.75) is 29.5 Å². The molecule has 1 aromatic heterocycles. The summed E-state index contributed by atoms with van der Waals surface area (Å²) in [4.78, 5) is 69.1. The molecule has 2 N–H and O–H groups in total. The van der Waals surface area contributed by atoms with Gasteiger partial charge in [0.15, 0.2) is 6.61 Å². The molecule has 14 heteroatoms. The van der Waals surface area contributed by atoms with Crippen LogP contribution in [-0.2, 0) is 14.4 Å². The first-order valence-electron chi connectivity index (χ1n) is 15.4. The number of nitrogens with zero attached hydrogens (tertiary/aromatic N) is 2. The van der Waals surface area contributed by atoms with Gasteiger partial charge < -0.3 is 15.0 Å². The second-order valence-corrected chi connectivity index (χ2v) is 15.3. The zero-order valence-electron chi connectivity index (χ0n) is 25.3. The number of amides is 3. The monoisotopic (exact) mass is 702 g/mol. The van der Waals surface area contributed by atoms with Gasteiger partial charge in [-0.25, -0.2) is 0 Å². The summed E-state index contributed by atoms with van der Waals surface area (Å²) in [5.74, 6) is -2.40. The standard InChI is InChI=1S/C34H27ClN4O7S2/c1-15-2-5-17(6-3-15)36-24(40)14-46-23-11-4-16(35)12-20(23)25-26-21-13-22(29(26)47-31-30(25)48-34(43)37-31)28-27(21)32(41)38(33(28)42)18-7-9-19(10-8-18)39(44)45/h2-12,21-22,25-29H,13-14H2,1H3,(H,36,40)(H,37,43)/t21-,22-,25+,26-,27+,28+,29-/m1/s1. The molecular formula is C34H27ClN4O7S2. The molecule has 7 atom stereocenters. The largest absolute Gasteiger partial charge is 0.483 e. The van der Waals surface area contributed by atoms with Crippen LogP contribution < -0.4 is 19.8 Å². The molecule has 0 unspecified atom stereocenters. The number of thioether (sulfide) groups is 1. The molecule has 11 nitrogen and oxygen atoms in total. The van der Waals surface area contributed by atoms with Crippen LogP contribution in [-0.4, -0.2) is 39.5 Å². The highest BCUT2D eigenvalue weighted by molar-refractivity contribution is 8.00. The van der Waals surface area contributed by atoms with Crippen molar-refractivity contribution in [1.82, 2.24) is 4.98 Å². The average molecular weight is 703 g/mol. The predicted molar refractivity (Wildman–Crippen MR) is 181 cm³/mol. The van der Waals surface area contributed by atoms with Gasteiger partial charge in [0.1, 0.15) is 5.75 Å². The number of imide groups is 1. The number of carbonyl (C=O) groups is 3. The van der Waals surface area contributed by atoms with Crippen LogP contribution in [0.4, 0.5) is 17.1 Å². The Labute approximate surface area is 286 Å². The number of aryl methyl sites for hydroxylation is 1. The van der Waals surface area contributed by atoms with Crippen LogP contribution >= 0.6 is 34.7 Å². The number of non-ortho nitro benzene ring substituents is 1. The van der Waals surface area contributed by atoms with Crippen LogP contribution in [0, 0.1) is 46.6 Å². The molecular weight excluding hydrogens is 676 g/mol.